The van der Waals surface area contributed by atoms with E-state index < -0.39 is 0 Å². The van der Waals surface area contributed by atoms with E-state index in [9.17, 15) is 9.18 Å². The lowest BCUT2D eigenvalue weighted by Gasteiger charge is -2.39. The van der Waals surface area contributed by atoms with Crippen LogP contribution in [0.2, 0.25) is 0 Å². The molecular weight excluding hydrogens is 393 g/mol. The first kappa shape index (κ1) is 21.1. The molecular formula is C24H28FN5O. The van der Waals surface area contributed by atoms with Crippen molar-refractivity contribution in [3.05, 3.63) is 60.9 Å². The predicted molar refractivity (Wildman–Crippen MR) is 122 cm³/mol. The summed E-state index contributed by atoms with van der Waals surface area (Å²) >= 11 is 0. The van der Waals surface area contributed by atoms with Crippen LogP contribution in [-0.2, 0) is 11.3 Å². The van der Waals surface area contributed by atoms with Gasteiger partial charge in [0.15, 0.2) is 0 Å². The number of fused-ring (bicyclic) bond motifs is 1. The Morgan fingerprint density at radius 3 is 2.77 bits per heavy atom. The molecule has 0 radical (unpaired) electrons. The van der Waals surface area contributed by atoms with Crippen LogP contribution >= 0.6 is 0 Å². The number of carbonyl (C=O) groups excluding carboxylic acids is 1. The molecule has 0 unspecified atom stereocenters. The molecule has 0 bridgehead atoms. The van der Waals surface area contributed by atoms with Gasteiger partial charge in [0.05, 0.1) is 11.6 Å². The van der Waals surface area contributed by atoms with Gasteiger partial charge < -0.3 is 15.1 Å². The van der Waals surface area contributed by atoms with E-state index in [-0.39, 0.29) is 17.8 Å². The van der Waals surface area contributed by atoms with Crippen molar-refractivity contribution < 1.29 is 9.18 Å². The van der Waals surface area contributed by atoms with E-state index in [4.69, 9.17) is 5.10 Å². The number of nitrogens with zero attached hydrogens (tertiary/aromatic N) is 4. The Morgan fingerprint density at radius 1 is 1.29 bits per heavy atom. The Morgan fingerprint density at radius 2 is 2.06 bits per heavy atom. The number of amides is 1. The van der Waals surface area contributed by atoms with Gasteiger partial charge in [0.25, 0.3) is 0 Å². The molecule has 0 aliphatic carbocycles. The molecule has 1 fully saturated rings. The highest BCUT2D eigenvalue weighted by Gasteiger charge is 2.30. The van der Waals surface area contributed by atoms with Crippen LogP contribution in [0.3, 0.4) is 0 Å². The third-order valence-corrected chi connectivity index (χ3v) is 5.61. The molecule has 2 aromatic carbocycles. The van der Waals surface area contributed by atoms with E-state index in [1.165, 1.54) is 12.1 Å². The number of hydrogen-bond donors (Lipinski definition) is 1. The number of aromatic nitrogens is 2. The van der Waals surface area contributed by atoms with Gasteiger partial charge in [0, 0.05) is 30.6 Å². The lowest BCUT2D eigenvalue weighted by Crippen LogP contribution is -2.56. The van der Waals surface area contributed by atoms with Crippen LogP contribution in [0.4, 0.5) is 10.2 Å². The summed E-state index contributed by atoms with van der Waals surface area (Å²) in [6.45, 7) is 6.56. The van der Waals surface area contributed by atoms with E-state index >= 15 is 0 Å². The average molecular weight is 422 g/mol. The molecule has 31 heavy (non-hydrogen) atoms. The maximum atomic E-state index is 14.3. The Balaban J connectivity index is 1.62. The smallest absolute Gasteiger partial charge is 0.246 e. The molecule has 3 aromatic rings. The van der Waals surface area contributed by atoms with E-state index in [0.29, 0.717) is 18.7 Å². The van der Waals surface area contributed by atoms with Crippen molar-refractivity contribution in [1.82, 2.24) is 19.6 Å². The number of nitrogens with one attached hydrogen (secondary N) is 1. The summed E-state index contributed by atoms with van der Waals surface area (Å²) in [5.41, 5.74) is 2.20. The average Bonchev–Trinajstić information content (AvgIpc) is 3.06. The van der Waals surface area contributed by atoms with Crippen LogP contribution in [-0.4, -0.2) is 65.3 Å². The molecule has 1 aromatic heterocycles. The number of aryl methyl sites for hydroxylation is 1. The Hall–Kier alpha value is -3.19. The second-order valence-electron chi connectivity index (χ2n) is 8.23. The molecule has 6 nitrogen and oxygen atoms in total. The fourth-order valence-electron chi connectivity index (χ4n) is 3.92. The topological polar surface area (TPSA) is 53.4 Å². The molecule has 4 rings (SSSR count). The Kier molecular flexibility index (Phi) is 6.04. The first-order valence-corrected chi connectivity index (χ1v) is 10.5. The van der Waals surface area contributed by atoms with Crippen molar-refractivity contribution in [2.75, 3.05) is 39.0 Å². The van der Waals surface area contributed by atoms with Gasteiger partial charge >= 0.3 is 0 Å². The van der Waals surface area contributed by atoms with Crippen molar-refractivity contribution in [3.63, 3.8) is 0 Å². The maximum absolute atomic E-state index is 14.3. The molecule has 1 N–H and O–H groups in total. The van der Waals surface area contributed by atoms with Crippen LogP contribution < -0.4 is 5.32 Å². The Labute approximate surface area is 181 Å². The molecule has 1 aliphatic heterocycles. The number of hydrogen-bond acceptors (Lipinski definition) is 4. The van der Waals surface area contributed by atoms with Crippen LogP contribution in [0.1, 0.15) is 6.42 Å². The molecule has 1 aliphatic rings. The monoisotopic (exact) mass is 421 g/mol. The predicted octanol–water partition coefficient (Wildman–Crippen LogP) is 3.60. The molecule has 162 valence electrons. The van der Waals surface area contributed by atoms with Crippen molar-refractivity contribution in [1.29, 1.82) is 0 Å². The van der Waals surface area contributed by atoms with E-state index in [0.717, 1.165) is 41.8 Å². The van der Waals surface area contributed by atoms with Gasteiger partial charge in [-0.05, 0) is 56.9 Å². The minimum absolute atomic E-state index is 0.0445. The van der Waals surface area contributed by atoms with Gasteiger partial charge in [-0.1, -0.05) is 30.8 Å². The lowest BCUT2D eigenvalue weighted by molar-refractivity contribution is -0.129. The fraction of sp³-hybridized carbons (Fsp3) is 0.333. The number of benzene rings is 2. The zero-order chi connectivity index (χ0) is 22.0. The van der Waals surface area contributed by atoms with E-state index in [2.05, 4.69) is 30.9 Å². The largest absolute Gasteiger partial charge is 0.363 e. The van der Waals surface area contributed by atoms with Crippen molar-refractivity contribution >= 4 is 22.6 Å². The molecule has 1 amide bonds. The van der Waals surface area contributed by atoms with E-state index in [1.54, 1.807) is 17.0 Å². The second kappa shape index (κ2) is 8.89. The number of anilines is 1. The van der Waals surface area contributed by atoms with Crippen molar-refractivity contribution in [2.24, 2.45) is 0 Å². The zero-order valence-corrected chi connectivity index (χ0v) is 18.0. The number of rotatable bonds is 8. The molecule has 1 saturated heterocycles. The quantitative estimate of drug-likeness (QED) is 0.565. The van der Waals surface area contributed by atoms with Crippen LogP contribution in [0.5, 0.6) is 0 Å². The molecule has 7 heteroatoms. The SMILES string of the molecule is C=CC(=O)N1CC(Nc2c3ccc(-c4ccccc4F)cc3nn2CCCN(C)C)C1. The van der Waals surface area contributed by atoms with Crippen molar-refractivity contribution in [3.8, 4) is 11.1 Å². The Bertz CT molecular complexity index is 1100. The van der Waals surface area contributed by atoms with Gasteiger partial charge in [0.1, 0.15) is 11.6 Å². The van der Waals surface area contributed by atoms with Gasteiger partial charge in [-0.15, -0.1) is 0 Å². The number of halogens is 1. The fourth-order valence-corrected chi connectivity index (χ4v) is 3.92. The minimum Gasteiger partial charge on any atom is -0.363 e. The molecule has 0 spiro atoms. The summed E-state index contributed by atoms with van der Waals surface area (Å²) in [4.78, 5) is 15.7. The van der Waals surface area contributed by atoms with Crippen LogP contribution in [0.25, 0.3) is 22.0 Å². The third-order valence-electron chi connectivity index (χ3n) is 5.61. The first-order valence-electron chi connectivity index (χ1n) is 10.5. The normalized spacial score (nSPS) is 14.1. The van der Waals surface area contributed by atoms with Gasteiger partial charge in [0.2, 0.25) is 5.91 Å². The second-order valence-corrected chi connectivity index (χ2v) is 8.23. The standard InChI is InChI=1S/C24H28FN5O/c1-4-23(31)29-15-18(16-29)26-24-20-11-10-17(19-8-5-6-9-21(19)25)14-22(20)27-30(24)13-7-12-28(2)3/h4-6,8-11,14,18,26H,1,7,12-13,15-16H2,2-3H3. The summed E-state index contributed by atoms with van der Waals surface area (Å²) in [6.07, 6.45) is 2.31. The minimum atomic E-state index is -0.243. The molecule has 0 atom stereocenters. The summed E-state index contributed by atoms with van der Waals surface area (Å²) in [7, 11) is 4.11. The molecule has 2 heterocycles. The maximum Gasteiger partial charge on any atom is 0.246 e. The molecule has 0 saturated carbocycles. The number of carbonyl (C=O) groups is 1. The first-order chi connectivity index (χ1) is 15.0. The zero-order valence-electron chi connectivity index (χ0n) is 18.0. The van der Waals surface area contributed by atoms with Crippen LogP contribution in [0.15, 0.2) is 55.1 Å². The van der Waals surface area contributed by atoms with Gasteiger partial charge in [-0.3, -0.25) is 4.79 Å². The summed E-state index contributed by atoms with van der Waals surface area (Å²) in [6, 6.07) is 12.8. The highest BCUT2D eigenvalue weighted by Crippen LogP contribution is 2.31. The van der Waals surface area contributed by atoms with Gasteiger partial charge in [-0.2, -0.15) is 5.10 Å². The van der Waals surface area contributed by atoms with Crippen molar-refractivity contribution in [2.45, 2.75) is 19.0 Å². The summed E-state index contributed by atoms with van der Waals surface area (Å²) < 4.78 is 16.3. The highest BCUT2D eigenvalue weighted by atomic mass is 19.1. The lowest BCUT2D eigenvalue weighted by atomic mass is 10.0. The van der Waals surface area contributed by atoms with Crippen LogP contribution in [0, 0.1) is 5.82 Å². The third kappa shape index (κ3) is 4.46. The highest BCUT2D eigenvalue weighted by molar-refractivity contribution is 5.93. The summed E-state index contributed by atoms with van der Waals surface area (Å²) in [5, 5.41) is 9.39. The number of likely N-dealkylation sites (tertiary alicyclic amines) is 1. The summed E-state index contributed by atoms with van der Waals surface area (Å²) in [5.74, 6) is 0.661. The van der Waals surface area contributed by atoms with E-state index in [1.807, 2.05) is 28.9 Å². The van der Waals surface area contributed by atoms with Gasteiger partial charge in [-0.25, -0.2) is 9.07 Å².